The van der Waals surface area contributed by atoms with E-state index in [9.17, 15) is 8.42 Å². The number of hydrogen-bond acceptors (Lipinski definition) is 4. The second-order valence-electron chi connectivity index (χ2n) is 3.36. The second-order valence-corrected chi connectivity index (χ2v) is 6.44. The van der Waals surface area contributed by atoms with Crippen molar-refractivity contribution in [2.75, 3.05) is 6.54 Å². The fraction of sp³-hybridized carbons (Fsp3) is 0.300. The van der Waals surface area contributed by atoms with Crippen LogP contribution in [-0.2, 0) is 10.0 Å². The van der Waals surface area contributed by atoms with Crippen LogP contribution in [0.4, 0.5) is 0 Å². The molecule has 0 atom stereocenters. The van der Waals surface area contributed by atoms with Crippen LogP contribution >= 0.6 is 11.3 Å². The molecule has 16 heavy (non-hydrogen) atoms. The first-order chi connectivity index (χ1) is 7.45. The van der Waals surface area contributed by atoms with Crippen LogP contribution in [0.5, 0.6) is 0 Å². The molecule has 0 saturated carbocycles. The highest BCUT2D eigenvalue weighted by atomic mass is 32.2. The quantitative estimate of drug-likeness (QED) is 0.836. The normalized spacial score (nSPS) is 10.8. The van der Waals surface area contributed by atoms with E-state index in [0.717, 1.165) is 16.9 Å². The van der Waals surface area contributed by atoms with Crippen LogP contribution < -0.4 is 4.72 Å². The molecule has 6 heteroatoms. The molecule has 0 unspecified atom stereocenters. The first kappa shape index (κ1) is 12.9. The Labute approximate surface area is 99.3 Å². The van der Waals surface area contributed by atoms with Gasteiger partial charge in [-0.25, -0.2) is 13.1 Å². The molecule has 1 N–H and O–H groups in total. The number of nitriles is 1. The number of rotatable bonds is 4. The van der Waals surface area contributed by atoms with Crippen LogP contribution in [0.15, 0.2) is 28.0 Å². The van der Waals surface area contributed by atoms with Crippen LogP contribution in [0.25, 0.3) is 0 Å². The summed E-state index contributed by atoms with van der Waals surface area (Å²) < 4.78 is 26.0. The fourth-order valence-electron chi connectivity index (χ4n) is 0.951. The maximum Gasteiger partial charge on any atom is 0.250 e. The second kappa shape index (κ2) is 5.25. The predicted molar refractivity (Wildman–Crippen MR) is 63.7 cm³/mol. The Bertz CT molecular complexity index is 531. The molecule has 0 radical (unpaired) electrons. The number of hydrogen-bond donors (Lipinski definition) is 1. The summed E-state index contributed by atoms with van der Waals surface area (Å²) >= 11 is 0.966. The minimum atomic E-state index is -3.47. The summed E-state index contributed by atoms with van der Waals surface area (Å²) in [6, 6.07) is 4.85. The number of nitrogens with one attached hydrogen (secondary N) is 1. The maximum atomic E-state index is 11.7. The Morgan fingerprint density at radius 2 is 2.25 bits per heavy atom. The van der Waals surface area contributed by atoms with E-state index in [1.165, 1.54) is 12.1 Å². The maximum absolute atomic E-state index is 11.7. The first-order valence-corrected chi connectivity index (χ1v) is 6.88. The van der Waals surface area contributed by atoms with E-state index in [-0.39, 0.29) is 10.8 Å². The summed E-state index contributed by atoms with van der Waals surface area (Å²) in [7, 11) is -3.47. The molecule has 1 aromatic rings. The van der Waals surface area contributed by atoms with Gasteiger partial charge in [0.25, 0.3) is 0 Å². The highest BCUT2D eigenvalue weighted by Crippen LogP contribution is 2.20. The van der Waals surface area contributed by atoms with Gasteiger partial charge in [-0.15, -0.1) is 11.3 Å². The van der Waals surface area contributed by atoms with Gasteiger partial charge < -0.3 is 0 Å². The van der Waals surface area contributed by atoms with Gasteiger partial charge >= 0.3 is 0 Å². The van der Waals surface area contributed by atoms with Gasteiger partial charge in [0.15, 0.2) is 0 Å². The van der Waals surface area contributed by atoms with E-state index in [1.54, 1.807) is 6.08 Å². The van der Waals surface area contributed by atoms with Crippen molar-refractivity contribution in [1.82, 2.24) is 4.72 Å². The van der Waals surface area contributed by atoms with Crippen LogP contribution in [-0.4, -0.2) is 15.0 Å². The lowest BCUT2D eigenvalue weighted by Gasteiger charge is -2.01. The highest BCUT2D eigenvalue weighted by molar-refractivity contribution is 7.91. The molecule has 4 nitrogen and oxygen atoms in total. The fourth-order valence-corrected chi connectivity index (χ4v) is 3.06. The van der Waals surface area contributed by atoms with Gasteiger partial charge in [-0.1, -0.05) is 11.6 Å². The Hall–Kier alpha value is -1.16. The van der Waals surface area contributed by atoms with Crippen molar-refractivity contribution < 1.29 is 8.42 Å². The Balaban J connectivity index is 2.79. The lowest BCUT2D eigenvalue weighted by Crippen LogP contribution is -2.22. The minimum absolute atomic E-state index is 0.172. The van der Waals surface area contributed by atoms with Crippen molar-refractivity contribution in [2.24, 2.45) is 0 Å². The average Bonchev–Trinajstić information content (AvgIpc) is 2.65. The Morgan fingerprint density at radius 3 is 2.75 bits per heavy atom. The van der Waals surface area contributed by atoms with Crippen LogP contribution in [0.1, 0.15) is 18.7 Å². The summed E-state index contributed by atoms with van der Waals surface area (Å²) in [4.78, 5) is 0.391. The monoisotopic (exact) mass is 256 g/mol. The third kappa shape index (κ3) is 3.45. The van der Waals surface area contributed by atoms with E-state index in [2.05, 4.69) is 4.72 Å². The molecule has 0 aliphatic rings. The van der Waals surface area contributed by atoms with Crippen molar-refractivity contribution in [3.8, 4) is 6.07 Å². The van der Waals surface area contributed by atoms with Gasteiger partial charge in [0.1, 0.15) is 15.2 Å². The molecule has 0 spiro atoms. The predicted octanol–water partition coefficient (Wildman–Crippen LogP) is 1.86. The van der Waals surface area contributed by atoms with Gasteiger partial charge in [-0.05, 0) is 26.0 Å². The lowest BCUT2D eigenvalue weighted by molar-refractivity contribution is 0.587. The van der Waals surface area contributed by atoms with Crippen LogP contribution in [0, 0.1) is 11.3 Å². The third-order valence-electron chi connectivity index (χ3n) is 1.74. The van der Waals surface area contributed by atoms with Gasteiger partial charge in [0.05, 0.1) is 0 Å². The summed E-state index contributed by atoms with van der Waals surface area (Å²) in [6.45, 7) is 4.06. The van der Waals surface area contributed by atoms with Crippen molar-refractivity contribution >= 4 is 21.4 Å². The molecule has 0 aliphatic heterocycles. The third-order valence-corrected chi connectivity index (χ3v) is 4.65. The van der Waals surface area contributed by atoms with Crippen molar-refractivity contribution in [3.05, 3.63) is 28.7 Å². The van der Waals surface area contributed by atoms with Gasteiger partial charge in [0.2, 0.25) is 10.0 Å². The lowest BCUT2D eigenvalue weighted by atomic mass is 10.3. The van der Waals surface area contributed by atoms with E-state index < -0.39 is 10.0 Å². The van der Waals surface area contributed by atoms with Crippen LogP contribution in [0.3, 0.4) is 0 Å². The zero-order valence-corrected chi connectivity index (χ0v) is 10.7. The zero-order valence-electron chi connectivity index (χ0n) is 9.02. The summed E-state index contributed by atoms with van der Waals surface area (Å²) in [6.07, 6.45) is 1.79. The molecule has 0 saturated heterocycles. The average molecular weight is 256 g/mol. The van der Waals surface area contributed by atoms with Crippen molar-refractivity contribution in [2.45, 2.75) is 18.1 Å². The van der Waals surface area contributed by atoms with E-state index >= 15 is 0 Å². The molecular formula is C10H12N2O2S2. The van der Waals surface area contributed by atoms with E-state index in [4.69, 9.17) is 5.26 Å². The number of allylic oxidation sites excluding steroid dienone is 1. The Kier molecular flexibility index (Phi) is 4.24. The van der Waals surface area contributed by atoms with E-state index in [1.807, 2.05) is 19.9 Å². The number of nitrogens with zero attached hydrogens (tertiary/aromatic N) is 1. The molecule has 0 amide bonds. The van der Waals surface area contributed by atoms with E-state index in [0.29, 0.717) is 4.88 Å². The van der Waals surface area contributed by atoms with Gasteiger partial charge in [0, 0.05) is 6.54 Å². The molecule has 1 aromatic heterocycles. The number of sulfonamides is 1. The molecular weight excluding hydrogens is 244 g/mol. The SMILES string of the molecule is CC(C)=CCNS(=O)(=O)c1ccc(C#N)s1. The van der Waals surface area contributed by atoms with Crippen LogP contribution in [0.2, 0.25) is 0 Å². The number of thiophene rings is 1. The van der Waals surface area contributed by atoms with Gasteiger partial charge in [-0.2, -0.15) is 5.26 Å². The molecule has 1 rings (SSSR count). The van der Waals surface area contributed by atoms with Crippen molar-refractivity contribution in [1.29, 1.82) is 5.26 Å². The van der Waals surface area contributed by atoms with Gasteiger partial charge in [-0.3, -0.25) is 0 Å². The summed E-state index contributed by atoms with van der Waals surface area (Å²) in [5.41, 5.74) is 1.05. The summed E-state index contributed by atoms with van der Waals surface area (Å²) in [5, 5.41) is 8.60. The largest absolute Gasteiger partial charge is 0.250 e. The topological polar surface area (TPSA) is 70.0 Å². The Morgan fingerprint density at radius 1 is 1.56 bits per heavy atom. The van der Waals surface area contributed by atoms with Crippen molar-refractivity contribution in [3.63, 3.8) is 0 Å². The molecule has 0 bridgehead atoms. The zero-order chi connectivity index (χ0) is 12.2. The molecule has 1 heterocycles. The minimum Gasteiger partial charge on any atom is -0.207 e. The summed E-state index contributed by atoms with van der Waals surface area (Å²) in [5.74, 6) is 0. The standard InChI is InChI=1S/C10H12N2O2S2/c1-8(2)5-6-12-16(13,14)10-4-3-9(7-11)15-10/h3-5,12H,6H2,1-2H3. The highest BCUT2D eigenvalue weighted by Gasteiger charge is 2.15. The first-order valence-electron chi connectivity index (χ1n) is 4.58. The molecule has 0 fully saturated rings. The smallest absolute Gasteiger partial charge is 0.207 e. The molecule has 0 aromatic carbocycles. The molecule has 0 aliphatic carbocycles. The molecule has 86 valence electrons.